The highest BCUT2D eigenvalue weighted by Gasteiger charge is 1.95. The van der Waals surface area contributed by atoms with Crippen LogP contribution in [0.4, 0.5) is 0 Å². The number of hydrogen-bond donors (Lipinski definition) is 1. The van der Waals surface area contributed by atoms with Crippen LogP contribution in [0, 0.1) is 6.92 Å². The third-order valence-corrected chi connectivity index (χ3v) is 1.37. The van der Waals surface area contributed by atoms with Crippen molar-refractivity contribution in [3.8, 4) is 0 Å². The minimum absolute atomic E-state index is 0.545. The first-order chi connectivity index (χ1) is 5.18. The molecular weight excluding hydrogens is 140 g/mol. The molecule has 60 valence electrons. The second-order valence-corrected chi connectivity index (χ2v) is 2.62. The molecule has 1 aromatic heterocycles. The molecule has 1 aromatic rings. The van der Waals surface area contributed by atoms with Gasteiger partial charge in [-0.15, -0.1) is 0 Å². The Morgan fingerprint density at radius 3 is 2.91 bits per heavy atom. The van der Waals surface area contributed by atoms with Crippen LogP contribution >= 0.6 is 0 Å². The third kappa shape index (κ3) is 2.65. The van der Waals surface area contributed by atoms with Crippen LogP contribution in [-0.4, -0.2) is 22.3 Å². The van der Waals surface area contributed by atoms with Crippen molar-refractivity contribution in [2.45, 2.75) is 13.5 Å². The van der Waals surface area contributed by atoms with Gasteiger partial charge in [0.25, 0.3) is 0 Å². The number of rotatable bonds is 2. The Labute approximate surface area is 66.3 Å². The lowest BCUT2D eigenvalue weighted by molar-refractivity contribution is -0.0731. The lowest BCUT2D eigenvalue weighted by atomic mass is 10.2. The highest BCUT2D eigenvalue weighted by molar-refractivity contribution is 5.14. The Bertz CT molecular complexity index is 235. The van der Waals surface area contributed by atoms with E-state index in [1.165, 1.54) is 0 Å². The number of pyridine rings is 1. The van der Waals surface area contributed by atoms with Crippen LogP contribution in [0.3, 0.4) is 0 Å². The fraction of sp³-hybridized carbons (Fsp3) is 0.375. The Balaban J connectivity index is 2.71. The molecule has 0 saturated carbocycles. The lowest BCUT2D eigenvalue weighted by Crippen LogP contribution is -2.11. The molecule has 0 spiro atoms. The Kier molecular flexibility index (Phi) is 2.57. The monoisotopic (exact) mass is 152 g/mol. The van der Waals surface area contributed by atoms with Gasteiger partial charge in [-0.1, -0.05) is 0 Å². The number of hydroxylamine groups is 2. The smallest absolute Gasteiger partial charge is 0.0486 e. The average Bonchev–Trinajstić information content (AvgIpc) is 1.85. The van der Waals surface area contributed by atoms with E-state index in [9.17, 15) is 0 Å². The van der Waals surface area contributed by atoms with Gasteiger partial charge in [0.2, 0.25) is 0 Å². The third-order valence-electron chi connectivity index (χ3n) is 1.37. The van der Waals surface area contributed by atoms with E-state index < -0.39 is 0 Å². The largest absolute Gasteiger partial charge is 0.314 e. The lowest BCUT2D eigenvalue weighted by Gasteiger charge is -2.07. The molecule has 0 radical (unpaired) electrons. The molecule has 0 saturated heterocycles. The number of aromatic nitrogens is 1. The minimum Gasteiger partial charge on any atom is -0.314 e. The van der Waals surface area contributed by atoms with Gasteiger partial charge in [-0.3, -0.25) is 4.98 Å². The molecule has 0 aliphatic rings. The molecule has 0 aliphatic heterocycles. The van der Waals surface area contributed by atoms with E-state index >= 15 is 0 Å². The molecule has 11 heavy (non-hydrogen) atoms. The molecule has 0 unspecified atom stereocenters. The number of aryl methyl sites for hydroxylation is 1. The Morgan fingerprint density at radius 2 is 2.36 bits per heavy atom. The maximum absolute atomic E-state index is 8.91. The van der Waals surface area contributed by atoms with Crippen LogP contribution in [0.1, 0.15) is 11.3 Å². The van der Waals surface area contributed by atoms with Gasteiger partial charge in [0.05, 0.1) is 0 Å². The molecule has 1 N–H and O–H groups in total. The summed E-state index contributed by atoms with van der Waals surface area (Å²) in [5, 5.41) is 10.1. The second-order valence-electron chi connectivity index (χ2n) is 2.62. The summed E-state index contributed by atoms with van der Waals surface area (Å²) in [4.78, 5) is 4.05. The summed E-state index contributed by atoms with van der Waals surface area (Å²) in [5.74, 6) is 0. The van der Waals surface area contributed by atoms with Crippen LogP contribution in [0.15, 0.2) is 18.3 Å². The van der Waals surface area contributed by atoms with Gasteiger partial charge in [-0.05, 0) is 24.6 Å². The van der Waals surface area contributed by atoms with Crippen LogP contribution in [0.2, 0.25) is 0 Å². The van der Waals surface area contributed by atoms with E-state index in [2.05, 4.69) is 4.98 Å². The molecule has 0 bridgehead atoms. The van der Waals surface area contributed by atoms with Crippen LogP contribution < -0.4 is 0 Å². The summed E-state index contributed by atoms with van der Waals surface area (Å²) in [6, 6.07) is 3.84. The molecule has 0 amide bonds. The fourth-order valence-electron chi connectivity index (χ4n) is 0.967. The van der Waals surface area contributed by atoms with Gasteiger partial charge in [-0.25, -0.2) is 0 Å². The quantitative estimate of drug-likeness (QED) is 0.647. The Hall–Kier alpha value is -0.930. The predicted molar refractivity (Wildman–Crippen MR) is 42.2 cm³/mol. The van der Waals surface area contributed by atoms with Crippen LogP contribution in [0.5, 0.6) is 0 Å². The van der Waals surface area contributed by atoms with Crippen molar-refractivity contribution in [1.82, 2.24) is 10.0 Å². The summed E-state index contributed by atoms with van der Waals surface area (Å²) in [6.45, 7) is 2.48. The van der Waals surface area contributed by atoms with Crippen molar-refractivity contribution in [2.24, 2.45) is 0 Å². The summed E-state index contributed by atoms with van der Waals surface area (Å²) >= 11 is 0. The van der Waals surface area contributed by atoms with E-state index in [0.717, 1.165) is 16.3 Å². The zero-order valence-corrected chi connectivity index (χ0v) is 6.78. The molecule has 0 aliphatic carbocycles. The van der Waals surface area contributed by atoms with Gasteiger partial charge in [0, 0.05) is 25.5 Å². The molecule has 1 heterocycles. The number of hydrogen-bond acceptors (Lipinski definition) is 3. The molecule has 1 rings (SSSR count). The van der Waals surface area contributed by atoms with Gasteiger partial charge < -0.3 is 5.21 Å². The van der Waals surface area contributed by atoms with Crippen molar-refractivity contribution < 1.29 is 5.21 Å². The predicted octanol–water partition coefficient (Wildman–Crippen LogP) is 1.21. The van der Waals surface area contributed by atoms with Crippen LogP contribution in [0.25, 0.3) is 0 Å². The summed E-state index contributed by atoms with van der Waals surface area (Å²) in [5.41, 5.74) is 2.05. The first-order valence-corrected chi connectivity index (χ1v) is 3.50. The first kappa shape index (κ1) is 8.17. The highest BCUT2D eigenvalue weighted by atomic mass is 16.5. The zero-order chi connectivity index (χ0) is 8.27. The molecular formula is C8H12N2O. The normalized spacial score (nSPS) is 10.5. The van der Waals surface area contributed by atoms with Crippen molar-refractivity contribution in [1.29, 1.82) is 0 Å². The van der Waals surface area contributed by atoms with E-state index in [1.54, 1.807) is 13.2 Å². The van der Waals surface area contributed by atoms with Crippen molar-refractivity contribution in [3.63, 3.8) is 0 Å². The Morgan fingerprint density at radius 1 is 1.64 bits per heavy atom. The topological polar surface area (TPSA) is 36.4 Å². The van der Waals surface area contributed by atoms with Crippen LogP contribution in [-0.2, 0) is 6.54 Å². The maximum Gasteiger partial charge on any atom is 0.0486 e. The number of nitrogens with zero attached hydrogens (tertiary/aromatic N) is 2. The van der Waals surface area contributed by atoms with E-state index in [1.807, 2.05) is 19.1 Å². The van der Waals surface area contributed by atoms with Gasteiger partial charge in [0.1, 0.15) is 0 Å². The average molecular weight is 152 g/mol. The van der Waals surface area contributed by atoms with Gasteiger partial charge in [0.15, 0.2) is 0 Å². The zero-order valence-electron chi connectivity index (χ0n) is 6.78. The molecule has 3 heteroatoms. The molecule has 0 atom stereocenters. The van der Waals surface area contributed by atoms with Crippen molar-refractivity contribution in [3.05, 3.63) is 29.6 Å². The van der Waals surface area contributed by atoms with E-state index in [-0.39, 0.29) is 0 Å². The summed E-state index contributed by atoms with van der Waals surface area (Å²) in [6.07, 6.45) is 1.74. The van der Waals surface area contributed by atoms with Gasteiger partial charge >= 0.3 is 0 Å². The van der Waals surface area contributed by atoms with Crippen molar-refractivity contribution in [2.75, 3.05) is 7.05 Å². The molecule has 0 fully saturated rings. The SMILES string of the molecule is Cc1cc(CN(C)O)ccn1. The van der Waals surface area contributed by atoms with Crippen molar-refractivity contribution >= 4 is 0 Å². The summed E-state index contributed by atoms with van der Waals surface area (Å²) in [7, 11) is 1.62. The standard InChI is InChI=1S/C8H12N2O/c1-7-5-8(3-4-9-7)6-10(2)11/h3-5,11H,6H2,1-2H3. The first-order valence-electron chi connectivity index (χ1n) is 3.50. The van der Waals surface area contributed by atoms with E-state index in [4.69, 9.17) is 5.21 Å². The maximum atomic E-state index is 8.91. The molecule has 3 nitrogen and oxygen atoms in total. The fourth-order valence-corrected chi connectivity index (χ4v) is 0.967. The molecule has 0 aromatic carbocycles. The highest BCUT2D eigenvalue weighted by Crippen LogP contribution is 2.01. The van der Waals surface area contributed by atoms with E-state index in [0.29, 0.717) is 6.54 Å². The summed E-state index contributed by atoms with van der Waals surface area (Å²) < 4.78 is 0. The minimum atomic E-state index is 0.545. The second kappa shape index (κ2) is 3.46. The van der Waals surface area contributed by atoms with Gasteiger partial charge in [-0.2, -0.15) is 5.06 Å².